The topological polar surface area (TPSA) is 43.8 Å². The van der Waals surface area contributed by atoms with Gasteiger partial charge in [-0.2, -0.15) is 0 Å². The van der Waals surface area contributed by atoms with Crippen LogP contribution in [0.15, 0.2) is 41.8 Å². The molecule has 0 saturated carbocycles. The molecule has 1 unspecified atom stereocenters. The second-order valence-corrected chi connectivity index (χ2v) is 7.60. The maximum Gasteiger partial charge on any atom is 0.224 e. The summed E-state index contributed by atoms with van der Waals surface area (Å²) >= 11 is 1.69. The number of hydrogen-bond acceptors (Lipinski definition) is 4. The molecule has 25 heavy (non-hydrogen) atoms. The highest BCUT2D eigenvalue weighted by molar-refractivity contribution is 7.10. The van der Waals surface area contributed by atoms with Crippen molar-refractivity contribution < 1.29 is 9.90 Å². The van der Waals surface area contributed by atoms with E-state index in [-0.39, 0.29) is 12.0 Å². The summed E-state index contributed by atoms with van der Waals surface area (Å²) in [5, 5.41) is 12.3. The number of aliphatic hydroxyl groups is 1. The number of amides is 1. The number of fused-ring (bicyclic) bond motifs is 1. The summed E-state index contributed by atoms with van der Waals surface area (Å²) in [6, 6.07) is 12.3. The fraction of sp³-hybridized carbons (Fsp3) is 0.450. The largest absolute Gasteiger partial charge is 0.391 e. The molecule has 0 spiro atoms. The Kier molecular flexibility index (Phi) is 6.10. The van der Waals surface area contributed by atoms with Gasteiger partial charge in [0.15, 0.2) is 0 Å². The Morgan fingerprint density at radius 1 is 1.20 bits per heavy atom. The third-order valence-electron chi connectivity index (χ3n) is 4.61. The van der Waals surface area contributed by atoms with Gasteiger partial charge in [-0.25, -0.2) is 0 Å². The molecule has 0 bridgehead atoms. The summed E-state index contributed by atoms with van der Waals surface area (Å²) in [4.78, 5) is 18.0. The number of hydrogen-bond donors (Lipinski definition) is 1. The molecule has 4 nitrogen and oxygen atoms in total. The van der Waals surface area contributed by atoms with Crippen molar-refractivity contribution in [2.24, 2.45) is 0 Å². The Morgan fingerprint density at radius 2 is 2.00 bits per heavy atom. The second kappa shape index (κ2) is 8.50. The molecule has 1 aromatic carbocycles. The first kappa shape index (κ1) is 18.0. The zero-order chi connectivity index (χ0) is 17.6. The number of aliphatic hydroxyl groups excluding tert-OH is 1. The van der Waals surface area contributed by atoms with Gasteiger partial charge in [-0.05, 0) is 23.4 Å². The van der Waals surface area contributed by atoms with Gasteiger partial charge in [0.2, 0.25) is 5.91 Å². The van der Waals surface area contributed by atoms with Crippen molar-refractivity contribution in [3.05, 3.63) is 52.2 Å². The van der Waals surface area contributed by atoms with Crippen molar-refractivity contribution in [1.29, 1.82) is 0 Å². The van der Waals surface area contributed by atoms with E-state index in [1.54, 1.807) is 11.3 Å². The van der Waals surface area contributed by atoms with Gasteiger partial charge in [-0.3, -0.25) is 4.79 Å². The smallest absolute Gasteiger partial charge is 0.224 e. The molecule has 0 fully saturated rings. The first-order chi connectivity index (χ1) is 12.2. The van der Waals surface area contributed by atoms with Crippen molar-refractivity contribution in [2.45, 2.75) is 45.4 Å². The lowest BCUT2D eigenvalue weighted by atomic mass is 10.1. The summed E-state index contributed by atoms with van der Waals surface area (Å²) in [5.74, 6) is 0.179. The van der Waals surface area contributed by atoms with Gasteiger partial charge in [0.05, 0.1) is 18.3 Å². The van der Waals surface area contributed by atoms with Crippen LogP contribution in [0.4, 0.5) is 5.69 Å². The minimum absolute atomic E-state index is 0.179. The van der Waals surface area contributed by atoms with Crippen molar-refractivity contribution in [1.82, 2.24) is 4.90 Å². The maximum atomic E-state index is 12.7. The van der Waals surface area contributed by atoms with E-state index < -0.39 is 0 Å². The maximum absolute atomic E-state index is 12.7. The van der Waals surface area contributed by atoms with Gasteiger partial charge in [0.25, 0.3) is 0 Å². The molecule has 134 valence electrons. The molecule has 1 aliphatic heterocycles. The summed E-state index contributed by atoms with van der Waals surface area (Å²) in [7, 11) is 0. The van der Waals surface area contributed by atoms with Crippen LogP contribution in [0.1, 0.15) is 36.6 Å². The van der Waals surface area contributed by atoms with Crippen molar-refractivity contribution >= 4 is 22.9 Å². The zero-order valence-electron chi connectivity index (χ0n) is 14.7. The van der Waals surface area contributed by atoms with E-state index >= 15 is 0 Å². The molecule has 0 aliphatic carbocycles. The Morgan fingerprint density at radius 3 is 2.76 bits per heavy atom. The lowest BCUT2D eigenvalue weighted by Gasteiger charge is -2.32. The molecule has 1 amide bonds. The van der Waals surface area contributed by atoms with E-state index in [9.17, 15) is 9.90 Å². The van der Waals surface area contributed by atoms with Gasteiger partial charge in [0, 0.05) is 30.9 Å². The number of carbonyl (C=O) groups is 1. The average molecular weight is 359 g/mol. The van der Waals surface area contributed by atoms with Gasteiger partial charge in [-0.1, -0.05) is 43.7 Å². The molecule has 1 N–H and O–H groups in total. The first-order valence-electron chi connectivity index (χ1n) is 8.98. The summed E-state index contributed by atoms with van der Waals surface area (Å²) < 4.78 is 0. The van der Waals surface area contributed by atoms with Crippen molar-refractivity contribution in [2.75, 3.05) is 18.0 Å². The molecule has 0 saturated heterocycles. The van der Waals surface area contributed by atoms with Crippen LogP contribution in [0, 0.1) is 0 Å². The van der Waals surface area contributed by atoms with Crippen LogP contribution in [0.25, 0.3) is 0 Å². The number of rotatable bonds is 6. The third-order valence-corrected chi connectivity index (χ3v) is 5.51. The van der Waals surface area contributed by atoms with E-state index in [4.69, 9.17) is 0 Å². The Bertz CT molecular complexity index is 686. The number of nitrogens with zero attached hydrogens (tertiary/aromatic N) is 2. The minimum Gasteiger partial charge on any atom is -0.391 e. The fourth-order valence-electron chi connectivity index (χ4n) is 3.32. The van der Waals surface area contributed by atoms with E-state index in [1.165, 1.54) is 10.6 Å². The molecule has 1 aliphatic rings. The van der Waals surface area contributed by atoms with Crippen molar-refractivity contribution in [3.63, 3.8) is 0 Å². The number of carbonyl (C=O) groups excluding carboxylic acids is 1. The molecule has 2 aromatic rings. The summed E-state index contributed by atoms with van der Waals surface area (Å²) in [6.45, 7) is 4.63. The molecular weight excluding hydrogens is 332 g/mol. The van der Waals surface area contributed by atoms with Crippen LogP contribution in [0.2, 0.25) is 0 Å². The minimum atomic E-state index is -0.340. The lowest BCUT2D eigenvalue weighted by Crippen LogP contribution is -2.40. The highest BCUT2D eigenvalue weighted by Gasteiger charge is 2.24. The third kappa shape index (κ3) is 4.61. The molecule has 5 heteroatoms. The quantitative estimate of drug-likeness (QED) is 0.857. The van der Waals surface area contributed by atoms with Gasteiger partial charge in [0.1, 0.15) is 0 Å². The molecular formula is C20H26N2O2S. The van der Waals surface area contributed by atoms with E-state index in [1.807, 2.05) is 23.1 Å². The van der Waals surface area contributed by atoms with Crippen LogP contribution in [-0.2, 0) is 17.9 Å². The summed E-state index contributed by atoms with van der Waals surface area (Å²) in [5.41, 5.74) is 2.33. The molecule has 0 radical (unpaired) electrons. The Labute approximate surface area is 153 Å². The standard InChI is InChI=1S/C20H26N2O2S/c1-2-6-17(23)14-21-11-9-20(24)22(13-16-7-4-3-5-8-16)15-19-18(21)10-12-25-19/h3-5,7-8,10,12,17,23H,2,6,9,11,13-15H2,1H3. The normalized spacial score (nSPS) is 16.3. The second-order valence-electron chi connectivity index (χ2n) is 6.60. The highest BCUT2D eigenvalue weighted by Crippen LogP contribution is 2.31. The van der Waals surface area contributed by atoms with Crippen LogP contribution in [0.5, 0.6) is 0 Å². The Balaban J connectivity index is 1.77. The highest BCUT2D eigenvalue weighted by atomic mass is 32.1. The van der Waals surface area contributed by atoms with E-state index in [2.05, 4.69) is 35.4 Å². The number of β-amino-alcohol motifs (C(OH)–C–C–N with tert-alkyl or cyclic N) is 1. The first-order valence-corrected chi connectivity index (χ1v) is 9.86. The predicted molar refractivity (Wildman–Crippen MR) is 103 cm³/mol. The van der Waals surface area contributed by atoms with Crippen LogP contribution in [-0.4, -0.2) is 35.1 Å². The van der Waals surface area contributed by atoms with Crippen LogP contribution >= 0.6 is 11.3 Å². The van der Waals surface area contributed by atoms with Gasteiger partial charge >= 0.3 is 0 Å². The SMILES string of the molecule is CCCC(O)CN1CCC(=O)N(Cc2ccccc2)Cc2sccc21. The number of benzene rings is 1. The van der Waals surface area contributed by atoms with Crippen molar-refractivity contribution in [3.8, 4) is 0 Å². The lowest BCUT2D eigenvalue weighted by molar-refractivity contribution is -0.132. The number of thiophene rings is 1. The van der Waals surface area contributed by atoms with Crippen LogP contribution < -0.4 is 4.90 Å². The van der Waals surface area contributed by atoms with E-state index in [0.717, 1.165) is 18.4 Å². The molecule has 1 aromatic heterocycles. The average Bonchev–Trinajstić information content (AvgIpc) is 3.05. The number of anilines is 1. The van der Waals surface area contributed by atoms with Crippen LogP contribution in [0.3, 0.4) is 0 Å². The van der Waals surface area contributed by atoms with E-state index in [0.29, 0.717) is 32.6 Å². The summed E-state index contributed by atoms with van der Waals surface area (Å²) in [6.07, 6.45) is 1.91. The van der Waals surface area contributed by atoms with Gasteiger partial charge < -0.3 is 14.9 Å². The molecule has 2 heterocycles. The Hall–Kier alpha value is -1.85. The zero-order valence-corrected chi connectivity index (χ0v) is 15.5. The predicted octanol–water partition coefficient (Wildman–Crippen LogP) is 3.65. The molecule has 1 atom stereocenters. The monoisotopic (exact) mass is 358 g/mol. The molecule has 3 rings (SSSR count). The van der Waals surface area contributed by atoms with Gasteiger partial charge in [-0.15, -0.1) is 11.3 Å². The fourth-order valence-corrected chi connectivity index (χ4v) is 4.23.